The summed E-state index contributed by atoms with van der Waals surface area (Å²) in [6.07, 6.45) is 8.78. The van der Waals surface area contributed by atoms with Crippen LogP contribution in [0.15, 0.2) is 17.2 Å². The van der Waals surface area contributed by atoms with Crippen LogP contribution in [-0.2, 0) is 17.1 Å². The Labute approximate surface area is 161 Å². The lowest BCUT2D eigenvalue weighted by Crippen LogP contribution is -2.49. The SMILES string of the molecule is CN(C(=O)c1cc(S(=O)(=O)N2CCCCC2)cn1C)C1CC2CCC(C1)N2. The van der Waals surface area contributed by atoms with Crippen molar-refractivity contribution in [1.82, 2.24) is 19.1 Å². The van der Waals surface area contributed by atoms with Gasteiger partial charge in [0.2, 0.25) is 10.0 Å². The van der Waals surface area contributed by atoms with E-state index in [1.54, 1.807) is 28.2 Å². The third kappa shape index (κ3) is 3.54. The summed E-state index contributed by atoms with van der Waals surface area (Å²) in [6.45, 7) is 1.14. The van der Waals surface area contributed by atoms with E-state index in [1.165, 1.54) is 12.8 Å². The van der Waals surface area contributed by atoms with Gasteiger partial charge in [-0.2, -0.15) is 4.31 Å². The Hall–Kier alpha value is -1.38. The number of hydrogen-bond donors (Lipinski definition) is 1. The van der Waals surface area contributed by atoms with Crippen LogP contribution in [0.5, 0.6) is 0 Å². The number of nitrogens with zero attached hydrogens (tertiary/aromatic N) is 3. The Morgan fingerprint density at radius 2 is 1.78 bits per heavy atom. The second kappa shape index (κ2) is 7.22. The summed E-state index contributed by atoms with van der Waals surface area (Å²) in [5.41, 5.74) is 0.443. The van der Waals surface area contributed by atoms with E-state index in [9.17, 15) is 13.2 Å². The van der Waals surface area contributed by atoms with Gasteiger partial charge in [-0.3, -0.25) is 4.79 Å². The Morgan fingerprint density at radius 3 is 2.41 bits per heavy atom. The summed E-state index contributed by atoms with van der Waals surface area (Å²) in [4.78, 5) is 15.1. The standard InChI is InChI=1S/C19H30N4O3S/c1-21-13-17(27(25,26)23-8-4-3-5-9-23)12-18(21)19(24)22(2)16-10-14-6-7-15(11-16)20-14/h12-16,20H,3-11H2,1-2H3. The van der Waals surface area contributed by atoms with E-state index in [0.717, 1.165) is 32.1 Å². The molecule has 0 radical (unpaired) electrons. The van der Waals surface area contributed by atoms with Gasteiger partial charge >= 0.3 is 0 Å². The van der Waals surface area contributed by atoms with Gasteiger partial charge < -0.3 is 14.8 Å². The number of hydrogen-bond acceptors (Lipinski definition) is 4. The lowest BCUT2D eigenvalue weighted by molar-refractivity contribution is 0.0672. The number of piperidine rings is 2. The molecule has 2 bridgehead atoms. The van der Waals surface area contributed by atoms with Crippen molar-refractivity contribution in [3.8, 4) is 0 Å². The van der Waals surface area contributed by atoms with E-state index in [4.69, 9.17) is 0 Å². The van der Waals surface area contributed by atoms with E-state index >= 15 is 0 Å². The highest BCUT2D eigenvalue weighted by atomic mass is 32.2. The molecule has 27 heavy (non-hydrogen) atoms. The number of fused-ring (bicyclic) bond motifs is 2. The van der Waals surface area contributed by atoms with E-state index in [1.807, 2.05) is 11.9 Å². The van der Waals surface area contributed by atoms with E-state index in [0.29, 0.717) is 30.9 Å². The van der Waals surface area contributed by atoms with Gasteiger partial charge in [-0.05, 0) is 44.6 Å². The third-order valence-corrected chi connectivity index (χ3v) is 8.33. The van der Waals surface area contributed by atoms with Crippen molar-refractivity contribution >= 4 is 15.9 Å². The topological polar surface area (TPSA) is 74.7 Å². The monoisotopic (exact) mass is 394 g/mol. The zero-order valence-electron chi connectivity index (χ0n) is 16.2. The highest BCUT2D eigenvalue weighted by Gasteiger charge is 2.37. The fourth-order valence-corrected chi connectivity index (χ4v) is 6.42. The van der Waals surface area contributed by atoms with Crippen LogP contribution in [0.25, 0.3) is 0 Å². The molecule has 2 unspecified atom stereocenters. The fourth-order valence-electron chi connectivity index (χ4n) is 4.83. The zero-order valence-corrected chi connectivity index (χ0v) is 17.0. The van der Waals surface area contributed by atoms with Gasteiger partial charge in [0.15, 0.2) is 0 Å². The van der Waals surface area contributed by atoms with Crippen molar-refractivity contribution in [2.24, 2.45) is 7.05 Å². The van der Waals surface area contributed by atoms with Crippen LogP contribution in [0, 0.1) is 0 Å². The average molecular weight is 395 g/mol. The van der Waals surface area contributed by atoms with Crippen LogP contribution in [0.3, 0.4) is 0 Å². The minimum atomic E-state index is -3.52. The molecule has 0 aliphatic carbocycles. The first kappa shape index (κ1) is 19.0. The summed E-state index contributed by atoms with van der Waals surface area (Å²) >= 11 is 0. The number of nitrogens with one attached hydrogen (secondary N) is 1. The van der Waals surface area contributed by atoms with Crippen molar-refractivity contribution < 1.29 is 13.2 Å². The van der Waals surface area contributed by atoms with Crippen molar-refractivity contribution in [3.63, 3.8) is 0 Å². The first-order valence-electron chi connectivity index (χ1n) is 10.1. The molecule has 7 nitrogen and oxygen atoms in total. The summed E-state index contributed by atoms with van der Waals surface area (Å²) in [7, 11) is 0.0796. The maximum absolute atomic E-state index is 13.1. The van der Waals surface area contributed by atoms with Gasteiger partial charge in [-0.25, -0.2) is 8.42 Å². The smallest absolute Gasteiger partial charge is 0.270 e. The molecule has 1 aromatic heterocycles. The molecule has 3 saturated heterocycles. The normalized spacial score (nSPS) is 29.0. The van der Waals surface area contributed by atoms with Gasteiger partial charge in [0.1, 0.15) is 10.6 Å². The van der Waals surface area contributed by atoms with Crippen LogP contribution in [-0.4, -0.2) is 66.4 Å². The lowest BCUT2D eigenvalue weighted by atomic mass is 9.98. The maximum atomic E-state index is 13.1. The van der Waals surface area contributed by atoms with Crippen molar-refractivity contribution in [3.05, 3.63) is 18.0 Å². The molecule has 4 rings (SSSR count). The van der Waals surface area contributed by atoms with E-state index in [2.05, 4.69) is 5.32 Å². The minimum Gasteiger partial charge on any atom is -0.345 e. The second-order valence-corrected chi connectivity index (χ2v) is 10.3. The average Bonchev–Trinajstić information content (AvgIpc) is 3.23. The molecule has 4 heterocycles. The Morgan fingerprint density at radius 1 is 1.15 bits per heavy atom. The predicted molar refractivity (Wildman–Crippen MR) is 103 cm³/mol. The van der Waals surface area contributed by atoms with Crippen molar-refractivity contribution in [2.45, 2.75) is 68.0 Å². The highest BCUT2D eigenvalue weighted by Crippen LogP contribution is 2.30. The minimum absolute atomic E-state index is 0.0936. The van der Waals surface area contributed by atoms with Crippen LogP contribution < -0.4 is 5.32 Å². The largest absolute Gasteiger partial charge is 0.345 e. The van der Waals surface area contributed by atoms with E-state index in [-0.39, 0.29) is 16.8 Å². The zero-order chi connectivity index (χ0) is 19.2. The Kier molecular flexibility index (Phi) is 5.07. The number of carbonyl (C=O) groups excluding carboxylic acids is 1. The number of carbonyl (C=O) groups is 1. The summed E-state index contributed by atoms with van der Waals surface area (Å²) in [5, 5.41) is 3.60. The molecule has 0 saturated carbocycles. The molecule has 1 amide bonds. The first-order chi connectivity index (χ1) is 12.9. The molecular weight excluding hydrogens is 364 g/mol. The molecular formula is C19H30N4O3S. The molecule has 1 N–H and O–H groups in total. The second-order valence-electron chi connectivity index (χ2n) is 8.32. The lowest BCUT2D eigenvalue weighted by Gasteiger charge is -2.35. The number of amides is 1. The third-order valence-electron chi connectivity index (χ3n) is 6.47. The van der Waals surface area contributed by atoms with Gasteiger partial charge in [0.25, 0.3) is 5.91 Å². The van der Waals surface area contributed by atoms with Crippen molar-refractivity contribution in [2.75, 3.05) is 20.1 Å². The van der Waals surface area contributed by atoms with Crippen LogP contribution in [0.2, 0.25) is 0 Å². The molecule has 3 aliphatic heterocycles. The van der Waals surface area contributed by atoms with Gasteiger partial charge in [0.05, 0.1) is 0 Å². The van der Waals surface area contributed by atoms with Gasteiger partial charge in [-0.15, -0.1) is 0 Å². The molecule has 0 aromatic carbocycles. The summed E-state index contributed by atoms with van der Waals surface area (Å²) in [5.74, 6) is -0.0936. The first-order valence-corrected chi connectivity index (χ1v) is 11.5. The highest BCUT2D eigenvalue weighted by molar-refractivity contribution is 7.89. The molecule has 3 aliphatic rings. The van der Waals surface area contributed by atoms with Gasteiger partial charge in [0, 0.05) is 51.5 Å². The molecule has 1 aromatic rings. The van der Waals surface area contributed by atoms with Gasteiger partial charge in [-0.1, -0.05) is 6.42 Å². The number of rotatable bonds is 4. The summed E-state index contributed by atoms with van der Waals surface area (Å²) in [6, 6.07) is 2.78. The van der Waals surface area contributed by atoms with Crippen molar-refractivity contribution in [1.29, 1.82) is 0 Å². The Balaban J connectivity index is 1.53. The van der Waals surface area contributed by atoms with E-state index < -0.39 is 10.0 Å². The maximum Gasteiger partial charge on any atom is 0.270 e. The van der Waals surface area contributed by atoms with Crippen LogP contribution in [0.4, 0.5) is 0 Å². The fraction of sp³-hybridized carbons (Fsp3) is 0.737. The summed E-state index contributed by atoms with van der Waals surface area (Å²) < 4.78 is 29.0. The number of aryl methyl sites for hydroxylation is 1. The molecule has 150 valence electrons. The Bertz CT molecular complexity index is 801. The molecule has 0 spiro atoms. The number of aromatic nitrogens is 1. The molecule has 8 heteroatoms. The molecule has 3 fully saturated rings. The van der Waals surface area contributed by atoms with Crippen LogP contribution in [0.1, 0.15) is 55.4 Å². The molecule has 2 atom stereocenters. The quantitative estimate of drug-likeness (QED) is 0.841. The number of sulfonamides is 1. The predicted octanol–water partition coefficient (Wildman–Crippen LogP) is 1.55. The van der Waals surface area contributed by atoms with Crippen LogP contribution >= 0.6 is 0 Å².